The summed E-state index contributed by atoms with van der Waals surface area (Å²) < 4.78 is 0. The van der Waals surface area contributed by atoms with Crippen LogP contribution in [-0.4, -0.2) is 52.0 Å². The predicted molar refractivity (Wildman–Crippen MR) is 56.3 cm³/mol. The number of aliphatic imine (C=N–C) groups is 1. The number of carbonyl (C=O) groups excluding carboxylic acids is 1. The first-order valence-electron chi connectivity index (χ1n) is 4.02. The topological polar surface area (TPSA) is 90.2 Å². The van der Waals surface area contributed by atoms with Crippen LogP contribution in [0.2, 0.25) is 0 Å². The Bertz CT molecular complexity index is 373. The summed E-state index contributed by atoms with van der Waals surface area (Å²) in [6, 6.07) is -0.550. The minimum Gasteiger partial charge on any atom is -0.510 e. The van der Waals surface area contributed by atoms with Gasteiger partial charge in [-0.3, -0.25) is 0 Å². The van der Waals surface area contributed by atoms with Crippen molar-refractivity contribution in [2.45, 2.75) is 0 Å². The van der Waals surface area contributed by atoms with Gasteiger partial charge in [-0.2, -0.15) is 4.99 Å². The first kappa shape index (κ1) is 11.6. The summed E-state index contributed by atoms with van der Waals surface area (Å²) in [6.45, 7) is 0. The van der Waals surface area contributed by atoms with Crippen LogP contribution in [-0.2, 0) is 4.79 Å². The number of urea groups is 1. The van der Waals surface area contributed by atoms with Gasteiger partial charge in [0.15, 0.2) is 0 Å². The Morgan fingerprint density at radius 2 is 2.07 bits per heavy atom. The largest absolute Gasteiger partial charge is 0.510 e. The van der Waals surface area contributed by atoms with Gasteiger partial charge in [0.05, 0.1) is 5.75 Å². The Labute approximate surface area is 90.3 Å². The highest BCUT2D eigenvalue weighted by Crippen LogP contribution is 2.26. The lowest BCUT2D eigenvalue weighted by Crippen LogP contribution is -2.20. The number of hydrogen-bond donors (Lipinski definition) is 2. The monoisotopic (exact) mass is 230 g/mol. The molecule has 0 saturated carbocycles. The molecule has 2 N–H and O–H groups in total. The van der Waals surface area contributed by atoms with Gasteiger partial charge >= 0.3 is 12.0 Å². The molecule has 0 fully saturated rings. The van der Waals surface area contributed by atoms with Crippen molar-refractivity contribution in [1.82, 2.24) is 4.90 Å². The zero-order valence-corrected chi connectivity index (χ0v) is 9.04. The number of aliphatic carboxylic acids is 1. The highest BCUT2D eigenvalue weighted by Gasteiger charge is 2.28. The highest BCUT2D eigenvalue weighted by molar-refractivity contribution is 8.15. The second kappa shape index (κ2) is 4.35. The summed E-state index contributed by atoms with van der Waals surface area (Å²) in [5.74, 6) is -1.39. The molecule has 0 atom stereocenters. The number of carboxylic acids is 1. The number of nitrogens with zero attached hydrogens (tertiary/aromatic N) is 2. The van der Waals surface area contributed by atoms with Crippen LogP contribution in [0, 0.1) is 0 Å². The van der Waals surface area contributed by atoms with E-state index >= 15 is 0 Å². The van der Waals surface area contributed by atoms with E-state index in [0.717, 1.165) is 11.8 Å². The summed E-state index contributed by atoms with van der Waals surface area (Å²) in [6.07, 6.45) is 0. The molecule has 0 aromatic heterocycles. The Morgan fingerprint density at radius 3 is 2.53 bits per heavy atom. The van der Waals surface area contributed by atoms with E-state index in [2.05, 4.69) is 4.99 Å². The Morgan fingerprint density at radius 1 is 1.47 bits per heavy atom. The number of amides is 2. The number of aliphatic hydroxyl groups excluding tert-OH is 1. The lowest BCUT2D eigenvalue weighted by molar-refractivity contribution is -0.132. The second-order valence-corrected chi connectivity index (χ2v) is 3.97. The zero-order chi connectivity index (χ0) is 11.6. The molecule has 1 aliphatic rings. The molecule has 0 aromatic carbocycles. The molecule has 0 spiro atoms. The number of carbonyl (C=O) groups is 2. The summed E-state index contributed by atoms with van der Waals surface area (Å²) in [7, 11) is 3.02. The van der Waals surface area contributed by atoms with Crippen molar-refractivity contribution < 1.29 is 19.8 Å². The maximum Gasteiger partial charge on any atom is 0.344 e. The minimum absolute atomic E-state index is 0.0544. The maximum absolute atomic E-state index is 11.2. The fourth-order valence-corrected chi connectivity index (χ4v) is 1.80. The van der Waals surface area contributed by atoms with Crippen LogP contribution in [0.3, 0.4) is 0 Å². The van der Waals surface area contributed by atoms with Crippen molar-refractivity contribution in [2.75, 3.05) is 19.8 Å². The fraction of sp³-hybridized carbons (Fsp3) is 0.375. The highest BCUT2D eigenvalue weighted by atomic mass is 32.2. The molecule has 6 nitrogen and oxygen atoms in total. The molecule has 0 bridgehead atoms. The van der Waals surface area contributed by atoms with Crippen LogP contribution in [0.4, 0.5) is 4.79 Å². The molecule has 0 saturated heterocycles. The van der Waals surface area contributed by atoms with Gasteiger partial charge in [-0.1, -0.05) is 11.8 Å². The average molecular weight is 230 g/mol. The van der Waals surface area contributed by atoms with Gasteiger partial charge < -0.3 is 15.1 Å². The molecule has 15 heavy (non-hydrogen) atoms. The van der Waals surface area contributed by atoms with E-state index in [-0.39, 0.29) is 22.1 Å². The quantitative estimate of drug-likeness (QED) is 0.692. The normalized spacial score (nSPS) is 18.4. The van der Waals surface area contributed by atoms with Crippen LogP contribution in [0.5, 0.6) is 0 Å². The Balaban J connectivity index is 2.99. The smallest absolute Gasteiger partial charge is 0.344 e. The molecule has 0 radical (unpaired) electrons. The minimum atomic E-state index is -1.28. The van der Waals surface area contributed by atoms with E-state index in [0.29, 0.717) is 0 Å². The third-order valence-corrected chi connectivity index (χ3v) is 2.63. The van der Waals surface area contributed by atoms with Crippen molar-refractivity contribution in [3.8, 4) is 0 Å². The van der Waals surface area contributed by atoms with E-state index in [1.807, 2.05) is 0 Å². The van der Waals surface area contributed by atoms with E-state index in [1.165, 1.54) is 19.0 Å². The van der Waals surface area contributed by atoms with E-state index < -0.39 is 12.0 Å². The molecule has 1 rings (SSSR count). The van der Waals surface area contributed by atoms with Crippen LogP contribution >= 0.6 is 11.8 Å². The van der Waals surface area contributed by atoms with E-state index in [1.54, 1.807) is 0 Å². The molecule has 0 unspecified atom stereocenters. The summed E-state index contributed by atoms with van der Waals surface area (Å²) in [4.78, 5) is 26.8. The zero-order valence-electron chi connectivity index (χ0n) is 8.22. The number of aliphatic hydroxyl groups is 1. The van der Waals surface area contributed by atoms with Crippen molar-refractivity contribution in [1.29, 1.82) is 0 Å². The average Bonchev–Trinajstić information content (AvgIpc) is 2.46. The van der Waals surface area contributed by atoms with Crippen molar-refractivity contribution in [3.05, 3.63) is 11.3 Å². The number of carboxylic acid groups (broad SMARTS) is 1. The summed E-state index contributed by atoms with van der Waals surface area (Å²) in [5.41, 5.74) is -0.282. The van der Waals surface area contributed by atoms with Gasteiger partial charge in [-0.15, -0.1) is 0 Å². The van der Waals surface area contributed by atoms with Gasteiger partial charge in [0.2, 0.25) is 0 Å². The van der Waals surface area contributed by atoms with Crippen molar-refractivity contribution in [2.24, 2.45) is 4.99 Å². The van der Waals surface area contributed by atoms with E-state index in [9.17, 15) is 14.7 Å². The van der Waals surface area contributed by atoms with Gasteiger partial charge in [-0.25, -0.2) is 9.59 Å². The molecule has 2 amide bonds. The van der Waals surface area contributed by atoms with Gasteiger partial charge in [-0.05, 0) is 0 Å². The lowest BCUT2D eigenvalue weighted by Gasteiger charge is -2.05. The van der Waals surface area contributed by atoms with Gasteiger partial charge in [0.25, 0.3) is 0 Å². The molecule has 0 aliphatic carbocycles. The molecule has 7 heteroatoms. The third-order valence-electron chi connectivity index (χ3n) is 1.64. The molecular formula is C8H10N2O4S. The first-order chi connectivity index (χ1) is 6.93. The molecule has 1 heterocycles. The summed E-state index contributed by atoms with van der Waals surface area (Å²) in [5, 5.41) is 18.1. The molecular weight excluding hydrogens is 220 g/mol. The Kier molecular flexibility index (Phi) is 3.35. The fourth-order valence-electron chi connectivity index (χ4n) is 0.894. The molecule has 1 aliphatic heterocycles. The van der Waals surface area contributed by atoms with Gasteiger partial charge in [0.1, 0.15) is 16.4 Å². The molecule has 0 aromatic rings. The SMILES string of the molecule is CN(C)C(=O)/N=C1/SCC(O)=C1C(=O)O. The lowest BCUT2D eigenvalue weighted by atomic mass is 10.2. The van der Waals surface area contributed by atoms with Crippen molar-refractivity contribution in [3.63, 3.8) is 0 Å². The number of hydrogen-bond acceptors (Lipinski definition) is 4. The first-order valence-corrected chi connectivity index (χ1v) is 5.00. The predicted octanol–water partition coefficient (Wildman–Crippen LogP) is 0.710. The Hall–Kier alpha value is -1.50. The second-order valence-electron chi connectivity index (χ2n) is 3.01. The van der Waals surface area contributed by atoms with Crippen LogP contribution in [0.15, 0.2) is 16.3 Å². The number of rotatable bonds is 1. The van der Waals surface area contributed by atoms with Crippen LogP contribution in [0.1, 0.15) is 0 Å². The summed E-state index contributed by atoms with van der Waals surface area (Å²) >= 11 is 1.03. The van der Waals surface area contributed by atoms with Crippen molar-refractivity contribution >= 4 is 28.8 Å². The van der Waals surface area contributed by atoms with Crippen LogP contribution in [0.25, 0.3) is 0 Å². The van der Waals surface area contributed by atoms with Gasteiger partial charge in [0, 0.05) is 14.1 Å². The standard InChI is InChI=1S/C8H10N2O4S/c1-10(2)8(14)9-6-5(7(12)13)4(11)3-15-6/h11H,3H2,1-2H3,(H,12,13)/b9-6+. The van der Waals surface area contributed by atoms with E-state index in [4.69, 9.17) is 5.11 Å². The van der Waals surface area contributed by atoms with Crippen LogP contribution < -0.4 is 0 Å². The third kappa shape index (κ3) is 2.50. The number of thioether (sulfide) groups is 1. The molecule has 82 valence electrons. The maximum atomic E-state index is 11.2.